The van der Waals surface area contributed by atoms with Crippen LogP contribution in [0.1, 0.15) is 254 Å². The summed E-state index contributed by atoms with van der Waals surface area (Å²) in [6.45, 7) is 9.56. The molecule has 0 radical (unpaired) electrons. The zero-order valence-corrected chi connectivity index (χ0v) is 46.2. The minimum absolute atomic E-state index is 0.209. The highest BCUT2D eigenvalue weighted by atomic mass is 16.6. The van der Waals surface area contributed by atoms with Gasteiger partial charge < -0.3 is 28.4 Å². The number of azide groups is 2. The number of hydrogen-bond donors (Lipinski definition) is 0. The minimum atomic E-state index is -1.38. The molecule has 73 heavy (non-hydrogen) atoms. The van der Waals surface area contributed by atoms with E-state index in [1.165, 1.54) is 128 Å². The fraction of sp³-hybridized carbons (Fsp3) is 0.763. The van der Waals surface area contributed by atoms with E-state index < -0.39 is 17.4 Å². The SMILES string of the molecule is CCCCCCCCCCOc1cc(OCCCCCCCCCC)cc(C(=O)OCC(CN=[N+]=[N-])(CN=[N+]=[N-])COC(=O)c2cc(OCCCCCCCCCC)cc(OCCCCCCCCCC)c2)c1. The maximum atomic E-state index is 13.9. The number of esters is 2. The van der Waals surface area contributed by atoms with Crippen LogP contribution in [0, 0.1) is 5.41 Å². The molecule has 0 N–H and O–H groups in total. The first-order valence-corrected chi connectivity index (χ1v) is 29.0. The van der Waals surface area contributed by atoms with Crippen LogP contribution in [0.5, 0.6) is 23.0 Å². The van der Waals surface area contributed by atoms with Gasteiger partial charge in [0.15, 0.2) is 0 Å². The molecule has 0 unspecified atom stereocenters. The zero-order valence-electron chi connectivity index (χ0n) is 46.2. The van der Waals surface area contributed by atoms with Crippen molar-refractivity contribution in [3.05, 3.63) is 68.4 Å². The van der Waals surface area contributed by atoms with Gasteiger partial charge in [-0.3, -0.25) is 0 Å². The molecule has 2 aromatic rings. The topological polar surface area (TPSA) is 187 Å². The van der Waals surface area contributed by atoms with Gasteiger partial charge in [-0.05, 0) is 61.0 Å². The van der Waals surface area contributed by atoms with E-state index in [-0.39, 0.29) is 37.4 Å². The van der Waals surface area contributed by atoms with Gasteiger partial charge in [0.2, 0.25) is 0 Å². The normalized spacial score (nSPS) is 11.1. The number of benzene rings is 2. The van der Waals surface area contributed by atoms with Crippen LogP contribution in [0.15, 0.2) is 46.6 Å². The van der Waals surface area contributed by atoms with E-state index in [4.69, 9.17) is 28.4 Å². The van der Waals surface area contributed by atoms with Crippen molar-refractivity contribution in [2.45, 2.75) is 233 Å². The maximum absolute atomic E-state index is 13.9. The molecule has 0 atom stereocenters. The Labute approximate surface area is 441 Å². The molecule has 0 amide bonds. The smallest absolute Gasteiger partial charge is 0.338 e. The van der Waals surface area contributed by atoms with E-state index in [0.717, 1.165) is 77.0 Å². The lowest BCUT2D eigenvalue weighted by Gasteiger charge is -2.29. The Kier molecular flexibility index (Phi) is 39.4. The first-order chi connectivity index (χ1) is 35.8. The number of unbranched alkanes of at least 4 members (excludes halogenated alkanes) is 28. The van der Waals surface area contributed by atoms with Crippen molar-refractivity contribution in [2.75, 3.05) is 52.7 Å². The van der Waals surface area contributed by atoms with Crippen molar-refractivity contribution >= 4 is 11.9 Å². The van der Waals surface area contributed by atoms with Crippen LogP contribution >= 0.6 is 0 Å². The largest absolute Gasteiger partial charge is 0.493 e. The summed E-state index contributed by atoms with van der Waals surface area (Å²) in [4.78, 5) is 33.8. The molecule has 0 aliphatic rings. The Hall–Kier alpha value is -4.80. The molecular weight excluding hydrogens is 921 g/mol. The van der Waals surface area contributed by atoms with Crippen molar-refractivity contribution in [3.8, 4) is 23.0 Å². The van der Waals surface area contributed by atoms with Crippen LogP contribution in [0.3, 0.4) is 0 Å². The fourth-order valence-electron chi connectivity index (χ4n) is 8.66. The third-order valence-corrected chi connectivity index (χ3v) is 13.3. The summed E-state index contributed by atoms with van der Waals surface area (Å²) >= 11 is 0. The third-order valence-electron chi connectivity index (χ3n) is 13.3. The van der Waals surface area contributed by atoms with E-state index >= 15 is 0 Å². The first-order valence-electron chi connectivity index (χ1n) is 29.0. The Balaban J connectivity index is 2.23. The van der Waals surface area contributed by atoms with Crippen LogP contribution in [0.4, 0.5) is 0 Å². The molecule has 14 heteroatoms. The van der Waals surface area contributed by atoms with Crippen LogP contribution in [-0.4, -0.2) is 64.7 Å². The molecule has 2 rings (SSSR count). The summed E-state index contributed by atoms with van der Waals surface area (Å²) in [6, 6.07) is 10.2. The van der Waals surface area contributed by atoms with Gasteiger partial charge in [-0.2, -0.15) is 0 Å². The Bertz CT molecular complexity index is 1610. The van der Waals surface area contributed by atoms with E-state index in [1.54, 1.807) is 24.3 Å². The predicted octanol–water partition coefficient (Wildman–Crippen LogP) is 18.4. The second-order valence-electron chi connectivity index (χ2n) is 20.1. The first kappa shape index (κ1) is 64.3. The van der Waals surface area contributed by atoms with Crippen molar-refractivity contribution < 1.29 is 38.0 Å². The molecule has 0 heterocycles. The van der Waals surface area contributed by atoms with Gasteiger partial charge in [-0.1, -0.05) is 218 Å². The third kappa shape index (κ3) is 32.9. The van der Waals surface area contributed by atoms with E-state index in [9.17, 15) is 20.7 Å². The molecule has 0 saturated heterocycles. The average molecular weight is 1020 g/mol. The maximum Gasteiger partial charge on any atom is 0.338 e. The van der Waals surface area contributed by atoms with Gasteiger partial charge in [-0.25, -0.2) is 9.59 Å². The standard InChI is InChI=1S/C59H98N6O8/c1-5-9-13-17-21-25-29-33-37-68-53-41-51(42-54(45-53)69-38-34-30-26-22-18-14-10-6-2)57(66)72-49-59(47-62-64-60,48-63-65-61)50-73-58(67)52-43-55(70-39-35-31-27-23-19-15-11-7-3)46-56(44-52)71-40-36-32-28-24-20-16-12-8-4/h41-46H,5-40,47-50H2,1-4H3. The lowest BCUT2D eigenvalue weighted by molar-refractivity contribution is 0.000362. The summed E-state index contributed by atoms with van der Waals surface area (Å²) in [5, 5.41) is 7.57. The molecule has 412 valence electrons. The molecule has 0 aromatic heterocycles. The number of ether oxygens (including phenoxy) is 6. The molecular formula is C59H98N6O8. The summed E-state index contributed by atoms with van der Waals surface area (Å²) < 4.78 is 36.6. The average Bonchev–Trinajstić information content (AvgIpc) is 3.40. The summed E-state index contributed by atoms with van der Waals surface area (Å²) in [6.07, 6.45) is 37.5. The van der Waals surface area contributed by atoms with E-state index in [0.29, 0.717) is 49.4 Å². The quantitative estimate of drug-likeness (QED) is 0.0206. The lowest BCUT2D eigenvalue weighted by Crippen LogP contribution is -2.40. The molecule has 0 fully saturated rings. The van der Waals surface area contributed by atoms with Crippen molar-refractivity contribution in [2.24, 2.45) is 15.6 Å². The number of nitrogens with zero attached hydrogens (tertiary/aromatic N) is 6. The Morgan fingerprint density at radius 1 is 0.384 bits per heavy atom. The fourth-order valence-corrected chi connectivity index (χ4v) is 8.66. The lowest BCUT2D eigenvalue weighted by atomic mass is 9.90. The summed E-state index contributed by atoms with van der Waals surface area (Å²) in [7, 11) is 0. The predicted molar refractivity (Wildman–Crippen MR) is 296 cm³/mol. The Morgan fingerprint density at radius 2 is 0.616 bits per heavy atom. The number of hydrogen-bond acceptors (Lipinski definition) is 10. The molecule has 0 aliphatic heterocycles. The molecule has 0 aliphatic carbocycles. The van der Waals surface area contributed by atoms with Gasteiger partial charge >= 0.3 is 11.9 Å². The minimum Gasteiger partial charge on any atom is -0.493 e. The van der Waals surface area contributed by atoms with E-state index in [2.05, 4.69) is 47.7 Å². The Morgan fingerprint density at radius 3 is 0.849 bits per heavy atom. The van der Waals surface area contributed by atoms with E-state index in [1.807, 2.05) is 12.1 Å². The molecule has 0 spiro atoms. The second kappa shape index (κ2) is 44.7. The molecule has 0 saturated carbocycles. The summed E-state index contributed by atoms with van der Waals surface area (Å²) in [5.41, 5.74) is 17.9. The van der Waals surface area contributed by atoms with Crippen LogP contribution < -0.4 is 18.9 Å². The zero-order chi connectivity index (χ0) is 52.7. The van der Waals surface area contributed by atoms with Crippen LogP contribution in [0.2, 0.25) is 0 Å². The van der Waals surface area contributed by atoms with Crippen molar-refractivity contribution in [3.63, 3.8) is 0 Å². The monoisotopic (exact) mass is 1020 g/mol. The van der Waals surface area contributed by atoms with Crippen LogP contribution in [-0.2, 0) is 9.47 Å². The number of carbonyl (C=O) groups is 2. The van der Waals surface area contributed by atoms with Gasteiger partial charge in [0, 0.05) is 40.5 Å². The molecule has 0 bridgehead atoms. The second-order valence-corrected chi connectivity index (χ2v) is 20.1. The van der Waals surface area contributed by atoms with Gasteiger partial charge in [0.25, 0.3) is 0 Å². The summed E-state index contributed by atoms with van der Waals surface area (Å²) in [5.74, 6) is 0.612. The highest BCUT2D eigenvalue weighted by Gasteiger charge is 2.34. The van der Waals surface area contributed by atoms with Crippen molar-refractivity contribution in [1.82, 2.24) is 0 Å². The highest BCUT2D eigenvalue weighted by Crippen LogP contribution is 2.29. The number of rotatable bonds is 50. The van der Waals surface area contributed by atoms with Crippen molar-refractivity contribution in [1.29, 1.82) is 0 Å². The van der Waals surface area contributed by atoms with Gasteiger partial charge in [0.1, 0.15) is 36.2 Å². The van der Waals surface area contributed by atoms with Gasteiger partial charge in [-0.15, -0.1) is 0 Å². The number of carbonyl (C=O) groups excluding carboxylic acids is 2. The molecule has 14 nitrogen and oxygen atoms in total. The van der Waals surface area contributed by atoms with Gasteiger partial charge in [0.05, 0.1) is 37.6 Å². The van der Waals surface area contributed by atoms with Crippen LogP contribution in [0.25, 0.3) is 20.9 Å². The highest BCUT2D eigenvalue weighted by molar-refractivity contribution is 5.91. The molecule has 2 aromatic carbocycles.